The molecule has 1 fully saturated rings. The number of ether oxygens (including phenoxy) is 3. The van der Waals surface area contributed by atoms with Crippen LogP contribution in [0, 0.1) is 0 Å². The van der Waals surface area contributed by atoms with Gasteiger partial charge in [0.1, 0.15) is 5.75 Å². The number of amides is 1. The minimum atomic E-state index is -0.507. The molecule has 0 bridgehead atoms. The average Bonchev–Trinajstić information content (AvgIpc) is 3.08. The van der Waals surface area contributed by atoms with Crippen molar-refractivity contribution >= 4 is 11.9 Å². The zero-order chi connectivity index (χ0) is 15.8. The molecule has 1 N–H and O–H groups in total. The fraction of sp³-hybridized carbons (Fsp3) is 0.500. The molecule has 0 radical (unpaired) electrons. The van der Waals surface area contributed by atoms with Gasteiger partial charge in [-0.1, -0.05) is 12.1 Å². The zero-order valence-corrected chi connectivity index (χ0v) is 12.7. The van der Waals surface area contributed by atoms with Crippen LogP contribution in [0.5, 0.6) is 5.75 Å². The van der Waals surface area contributed by atoms with E-state index in [1.165, 1.54) is 0 Å². The van der Waals surface area contributed by atoms with Gasteiger partial charge in [0.25, 0.3) is 5.91 Å². The Balaban J connectivity index is 1.61. The molecule has 1 saturated heterocycles. The van der Waals surface area contributed by atoms with Gasteiger partial charge in [0, 0.05) is 13.2 Å². The Morgan fingerprint density at radius 3 is 2.73 bits per heavy atom. The lowest BCUT2D eigenvalue weighted by Crippen LogP contribution is -2.32. The summed E-state index contributed by atoms with van der Waals surface area (Å²) in [7, 11) is 1.62. The Bertz CT molecular complexity index is 494. The average molecular weight is 307 g/mol. The molecule has 1 aliphatic heterocycles. The SMILES string of the molecule is COc1ccc(CCNC(=O)COC(=O)[C@H]2CCCO2)cc1. The molecule has 1 heterocycles. The van der Waals surface area contributed by atoms with Crippen molar-refractivity contribution in [3.8, 4) is 5.75 Å². The van der Waals surface area contributed by atoms with Crippen molar-refractivity contribution < 1.29 is 23.8 Å². The van der Waals surface area contributed by atoms with Crippen molar-refractivity contribution in [2.75, 3.05) is 26.9 Å². The number of carbonyl (C=O) groups is 2. The van der Waals surface area contributed by atoms with Crippen LogP contribution in [0.3, 0.4) is 0 Å². The molecule has 0 saturated carbocycles. The van der Waals surface area contributed by atoms with Gasteiger partial charge in [-0.2, -0.15) is 0 Å². The molecular formula is C16H21NO5. The third kappa shape index (κ3) is 5.04. The number of esters is 1. The Morgan fingerprint density at radius 1 is 1.32 bits per heavy atom. The van der Waals surface area contributed by atoms with Crippen LogP contribution in [0.4, 0.5) is 0 Å². The van der Waals surface area contributed by atoms with E-state index in [4.69, 9.17) is 14.2 Å². The zero-order valence-electron chi connectivity index (χ0n) is 12.7. The molecule has 0 aliphatic carbocycles. The third-order valence-corrected chi connectivity index (χ3v) is 3.43. The van der Waals surface area contributed by atoms with Crippen molar-refractivity contribution in [1.29, 1.82) is 0 Å². The molecule has 0 aromatic heterocycles. The standard InChI is InChI=1S/C16H21NO5/c1-20-13-6-4-12(5-7-13)8-9-17-15(18)11-22-16(19)14-3-2-10-21-14/h4-7,14H,2-3,8-11H2,1H3,(H,17,18)/t14-/m1/s1. The summed E-state index contributed by atoms with van der Waals surface area (Å²) in [5.74, 6) is 0.0384. The van der Waals surface area contributed by atoms with Crippen LogP contribution in [0.2, 0.25) is 0 Å². The summed E-state index contributed by atoms with van der Waals surface area (Å²) in [6.07, 6.45) is 1.72. The van der Waals surface area contributed by atoms with Gasteiger partial charge >= 0.3 is 5.97 Å². The molecule has 1 aromatic carbocycles. The summed E-state index contributed by atoms with van der Waals surface area (Å²) >= 11 is 0. The Morgan fingerprint density at radius 2 is 2.09 bits per heavy atom. The lowest BCUT2D eigenvalue weighted by molar-refractivity contribution is -0.157. The van der Waals surface area contributed by atoms with Crippen molar-refractivity contribution in [2.45, 2.75) is 25.4 Å². The van der Waals surface area contributed by atoms with Gasteiger partial charge in [0.05, 0.1) is 7.11 Å². The van der Waals surface area contributed by atoms with Crippen molar-refractivity contribution in [3.05, 3.63) is 29.8 Å². The molecule has 120 valence electrons. The molecule has 0 unspecified atom stereocenters. The first-order valence-corrected chi connectivity index (χ1v) is 7.37. The van der Waals surface area contributed by atoms with E-state index in [9.17, 15) is 9.59 Å². The first-order valence-electron chi connectivity index (χ1n) is 7.37. The Labute approximate surface area is 129 Å². The maximum atomic E-state index is 11.6. The van der Waals surface area contributed by atoms with Crippen LogP contribution >= 0.6 is 0 Å². The number of carbonyl (C=O) groups excluding carboxylic acids is 2. The van der Waals surface area contributed by atoms with Crippen molar-refractivity contribution in [1.82, 2.24) is 5.32 Å². The second kappa shape index (κ2) is 8.38. The van der Waals surface area contributed by atoms with Crippen molar-refractivity contribution in [3.63, 3.8) is 0 Å². The van der Waals surface area contributed by atoms with E-state index in [0.717, 1.165) is 17.7 Å². The maximum absolute atomic E-state index is 11.6. The van der Waals surface area contributed by atoms with E-state index in [0.29, 0.717) is 26.0 Å². The van der Waals surface area contributed by atoms with Gasteiger partial charge in [-0.3, -0.25) is 4.79 Å². The lowest BCUT2D eigenvalue weighted by atomic mass is 10.1. The van der Waals surface area contributed by atoms with Crippen LogP contribution in [0.15, 0.2) is 24.3 Å². The first-order chi connectivity index (χ1) is 10.7. The summed E-state index contributed by atoms with van der Waals surface area (Å²) in [5, 5.41) is 2.72. The number of hydrogen-bond donors (Lipinski definition) is 1. The van der Waals surface area contributed by atoms with Crippen LogP contribution in [-0.4, -0.2) is 44.8 Å². The second-order valence-electron chi connectivity index (χ2n) is 5.06. The number of nitrogens with one attached hydrogen (secondary N) is 1. The molecule has 1 amide bonds. The van der Waals surface area contributed by atoms with E-state index in [1.807, 2.05) is 24.3 Å². The largest absolute Gasteiger partial charge is 0.497 e. The topological polar surface area (TPSA) is 73.9 Å². The van der Waals surface area contributed by atoms with E-state index < -0.39 is 12.1 Å². The predicted molar refractivity (Wildman–Crippen MR) is 79.6 cm³/mol. The van der Waals surface area contributed by atoms with E-state index in [1.54, 1.807) is 7.11 Å². The minimum absolute atomic E-state index is 0.263. The van der Waals surface area contributed by atoms with Crippen LogP contribution in [0.25, 0.3) is 0 Å². The second-order valence-corrected chi connectivity index (χ2v) is 5.06. The molecule has 0 spiro atoms. The molecule has 6 heteroatoms. The highest BCUT2D eigenvalue weighted by molar-refractivity contribution is 5.82. The molecule has 1 atom stereocenters. The van der Waals surface area contributed by atoms with Gasteiger partial charge in [0.15, 0.2) is 12.7 Å². The normalized spacial score (nSPS) is 17.0. The molecule has 22 heavy (non-hydrogen) atoms. The summed E-state index contributed by atoms with van der Waals surface area (Å²) in [6, 6.07) is 7.64. The monoisotopic (exact) mass is 307 g/mol. The van der Waals surface area contributed by atoms with Crippen LogP contribution in [-0.2, 0) is 25.5 Å². The van der Waals surface area contributed by atoms with E-state index >= 15 is 0 Å². The van der Waals surface area contributed by atoms with E-state index in [-0.39, 0.29) is 12.5 Å². The smallest absolute Gasteiger partial charge is 0.335 e. The summed E-state index contributed by atoms with van der Waals surface area (Å²) in [6.45, 7) is 0.803. The molecule has 1 aromatic rings. The summed E-state index contributed by atoms with van der Waals surface area (Å²) < 4.78 is 15.2. The third-order valence-electron chi connectivity index (χ3n) is 3.43. The summed E-state index contributed by atoms with van der Waals surface area (Å²) in [5.41, 5.74) is 1.09. The highest BCUT2D eigenvalue weighted by Crippen LogP contribution is 2.13. The van der Waals surface area contributed by atoms with E-state index in [2.05, 4.69) is 5.32 Å². The predicted octanol–water partition coefficient (Wildman–Crippen LogP) is 1.08. The first kappa shape index (κ1) is 16.3. The highest BCUT2D eigenvalue weighted by Gasteiger charge is 2.25. The quantitative estimate of drug-likeness (QED) is 0.763. The summed E-state index contributed by atoms with van der Waals surface area (Å²) in [4.78, 5) is 23.2. The minimum Gasteiger partial charge on any atom is -0.497 e. The van der Waals surface area contributed by atoms with Gasteiger partial charge in [-0.15, -0.1) is 0 Å². The number of rotatable bonds is 7. The molecule has 1 aliphatic rings. The number of methoxy groups -OCH3 is 1. The van der Waals surface area contributed by atoms with Gasteiger partial charge < -0.3 is 19.5 Å². The van der Waals surface area contributed by atoms with Crippen LogP contribution in [0.1, 0.15) is 18.4 Å². The Kier molecular flexibility index (Phi) is 6.21. The maximum Gasteiger partial charge on any atom is 0.335 e. The fourth-order valence-electron chi connectivity index (χ4n) is 2.18. The lowest BCUT2D eigenvalue weighted by Gasteiger charge is -2.10. The molecule has 6 nitrogen and oxygen atoms in total. The van der Waals surface area contributed by atoms with Crippen LogP contribution < -0.4 is 10.1 Å². The fourth-order valence-corrected chi connectivity index (χ4v) is 2.18. The Hall–Kier alpha value is -2.08. The molecule has 2 rings (SSSR count). The number of benzene rings is 1. The molecular weight excluding hydrogens is 286 g/mol. The van der Waals surface area contributed by atoms with Gasteiger partial charge in [-0.05, 0) is 37.0 Å². The number of hydrogen-bond acceptors (Lipinski definition) is 5. The highest BCUT2D eigenvalue weighted by atomic mass is 16.6. The van der Waals surface area contributed by atoms with Gasteiger partial charge in [0.2, 0.25) is 0 Å². The van der Waals surface area contributed by atoms with Crippen molar-refractivity contribution in [2.24, 2.45) is 0 Å². The van der Waals surface area contributed by atoms with Gasteiger partial charge in [-0.25, -0.2) is 4.79 Å².